The summed E-state index contributed by atoms with van der Waals surface area (Å²) in [6.45, 7) is 1.56. The highest BCUT2D eigenvalue weighted by Crippen LogP contribution is 2.31. The highest BCUT2D eigenvalue weighted by Gasteiger charge is 2.30. The number of benzene rings is 1. The molecule has 1 saturated carbocycles. The monoisotopic (exact) mass is 286 g/mol. The van der Waals surface area contributed by atoms with Gasteiger partial charge in [0, 0.05) is 19.1 Å². The van der Waals surface area contributed by atoms with Gasteiger partial charge in [0.2, 0.25) is 0 Å². The first kappa shape index (κ1) is 15.3. The Hall–Kier alpha value is -1.07. The molecule has 0 bridgehead atoms. The molecule has 0 aromatic heterocycles. The Morgan fingerprint density at radius 1 is 1.35 bits per heavy atom. The predicted molar refractivity (Wildman–Crippen MR) is 73.2 cm³/mol. The van der Waals surface area contributed by atoms with Crippen LogP contribution in [0.3, 0.4) is 0 Å². The second kappa shape index (κ2) is 6.14. The third kappa shape index (κ3) is 3.96. The number of halogens is 3. The lowest BCUT2D eigenvalue weighted by Crippen LogP contribution is -2.34. The molecule has 0 heterocycles. The van der Waals surface area contributed by atoms with Crippen LogP contribution in [0, 0.1) is 5.92 Å². The van der Waals surface area contributed by atoms with Crippen LogP contribution in [0.15, 0.2) is 24.3 Å². The summed E-state index contributed by atoms with van der Waals surface area (Å²) < 4.78 is 38.0. The number of likely N-dealkylation sites (N-methyl/N-ethyl adjacent to an activating group) is 1. The lowest BCUT2D eigenvalue weighted by Gasteiger charge is -2.31. The van der Waals surface area contributed by atoms with Gasteiger partial charge in [-0.25, -0.2) is 0 Å². The molecule has 2 nitrogen and oxygen atoms in total. The first-order valence-corrected chi connectivity index (χ1v) is 6.97. The Morgan fingerprint density at radius 2 is 2.05 bits per heavy atom. The van der Waals surface area contributed by atoms with E-state index in [4.69, 9.17) is 5.73 Å². The number of rotatable bonds is 5. The van der Waals surface area contributed by atoms with Crippen molar-refractivity contribution in [3.63, 3.8) is 0 Å². The minimum atomic E-state index is -4.31. The normalized spacial score (nSPS) is 18.1. The molecule has 0 saturated heterocycles. The second-order valence-corrected chi connectivity index (χ2v) is 5.75. The second-order valence-electron chi connectivity index (χ2n) is 5.75. The van der Waals surface area contributed by atoms with E-state index < -0.39 is 11.7 Å². The highest BCUT2D eigenvalue weighted by atomic mass is 19.4. The lowest BCUT2D eigenvalue weighted by molar-refractivity contribution is -0.137. The average Bonchev–Trinajstić information content (AvgIpc) is 2.33. The predicted octanol–water partition coefficient (Wildman–Crippen LogP) is 3.44. The fourth-order valence-corrected chi connectivity index (χ4v) is 2.58. The van der Waals surface area contributed by atoms with E-state index in [1.54, 1.807) is 6.07 Å². The van der Waals surface area contributed by atoms with E-state index >= 15 is 0 Å². The van der Waals surface area contributed by atoms with Crippen LogP contribution in [-0.2, 0) is 6.18 Å². The van der Waals surface area contributed by atoms with Gasteiger partial charge in [-0.1, -0.05) is 18.6 Å². The van der Waals surface area contributed by atoms with Gasteiger partial charge in [0.1, 0.15) is 0 Å². The largest absolute Gasteiger partial charge is 0.416 e. The van der Waals surface area contributed by atoms with Crippen LogP contribution in [0.25, 0.3) is 0 Å². The summed E-state index contributed by atoms with van der Waals surface area (Å²) in [5.74, 6) is 0.730. The van der Waals surface area contributed by atoms with Crippen molar-refractivity contribution >= 4 is 0 Å². The maximum Gasteiger partial charge on any atom is 0.416 e. The van der Waals surface area contributed by atoms with Gasteiger partial charge >= 0.3 is 6.18 Å². The number of hydrogen-bond donors (Lipinski definition) is 1. The van der Waals surface area contributed by atoms with Gasteiger partial charge in [0.25, 0.3) is 0 Å². The Kier molecular flexibility index (Phi) is 4.70. The maximum atomic E-state index is 12.7. The van der Waals surface area contributed by atoms with Crippen molar-refractivity contribution in [1.82, 2.24) is 4.90 Å². The van der Waals surface area contributed by atoms with E-state index in [0.29, 0.717) is 12.1 Å². The van der Waals surface area contributed by atoms with Gasteiger partial charge in [0.15, 0.2) is 0 Å². The molecule has 1 aliphatic carbocycles. The van der Waals surface area contributed by atoms with Crippen LogP contribution in [0.5, 0.6) is 0 Å². The Labute approximate surface area is 117 Å². The molecule has 0 amide bonds. The van der Waals surface area contributed by atoms with Crippen molar-refractivity contribution in [2.24, 2.45) is 11.7 Å². The van der Waals surface area contributed by atoms with Gasteiger partial charge in [-0.15, -0.1) is 0 Å². The number of nitrogens with two attached hydrogens (primary N) is 1. The minimum absolute atomic E-state index is 0.387. The first-order valence-electron chi connectivity index (χ1n) is 6.97. The van der Waals surface area contributed by atoms with Crippen LogP contribution in [0.4, 0.5) is 13.2 Å². The molecule has 1 aromatic carbocycles. The van der Waals surface area contributed by atoms with Crippen molar-refractivity contribution in [3.05, 3.63) is 35.4 Å². The summed E-state index contributed by atoms with van der Waals surface area (Å²) in [6, 6.07) is 4.93. The molecule has 1 aromatic rings. The van der Waals surface area contributed by atoms with Crippen LogP contribution in [0.2, 0.25) is 0 Å². The molecule has 0 radical (unpaired) electrons. The quantitative estimate of drug-likeness (QED) is 0.898. The molecule has 5 heteroatoms. The van der Waals surface area contributed by atoms with Crippen LogP contribution < -0.4 is 5.73 Å². The summed E-state index contributed by atoms with van der Waals surface area (Å²) in [6.07, 6.45) is -0.516. The van der Waals surface area contributed by atoms with E-state index in [9.17, 15) is 13.2 Å². The summed E-state index contributed by atoms with van der Waals surface area (Å²) in [4.78, 5) is 2.12. The molecular weight excluding hydrogens is 265 g/mol. The van der Waals surface area contributed by atoms with Crippen LogP contribution >= 0.6 is 0 Å². The van der Waals surface area contributed by atoms with Crippen molar-refractivity contribution in [2.45, 2.75) is 31.5 Å². The zero-order chi connectivity index (χ0) is 14.8. The maximum absolute atomic E-state index is 12.7. The van der Waals surface area contributed by atoms with Gasteiger partial charge < -0.3 is 10.6 Å². The highest BCUT2D eigenvalue weighted by molar-refractivity contribution is 5.28. The molecule has 1 unspecified atom stereocenters. The molecule has 1 fully saturated rings. The Bertz CT molecular complexity index is 441. The molecule has 0 spiro atoms. The van der Waals surface area contributed by atoms with Gasteiger partial charge in [-0.2, -0.15) is 13.2 Å². The lowest BCUT2D eigenvalue weighted by atomic mass is 9.85. The van der Waals surface area contributed by atoms with Crippen LogP contribution in [-0.4, -0.2) is 25.0 Å². The number of nitrogens with zero attached hydrogens (tertiary/aromatic N) is 1. The number of hydrogen-bond acceptors (Lipinski definition) is 2. The summed E-state index contributed by atoms with van der Waals surface area (Å²) >= 11 is 0. The summed E-state index contributed by atoms with van der Waals surface area (Å²) in [7, 11) is 1.98. The SMILES string of the molecule is CN(CC1CCC1)CC(N)c1cccc(C(F)(F)F)c1. The Morgan fingerprint density at radius 3 is 2.60 bits per heavy atom. The zero-order valence-electron chi connectivity index (χ0n) is 11.7. The van der Waals surface area contributed by atoms with E-state index in [1.165, 1.54) is 25.3 Å². The fourth-order valence-electron chi connectivity index (χ4n) is 2.58. The summed E-state index contributed by atoms with van der Waals surface area (Å²) in [5, 5.41) is 0. The zero-order valence-corrected chi connectivity index (χ0v) is 11.7. The third-order valence-electron chi connectivity index (χ3n) is 3.95. The third-order valence-corrected chi connectivity index (χ3v) is 3.95. The average molecular weight is 286 g/mol. The standard InChI is InChI=1S/C15H21F3N2/c1-20(9-11-4-2-5-11)10-14(19)12-6-3-7-13(8-12)15(16,17)18/h3,6-8,11,14H,2,4-5,9-10,19H2,1H3. The van der Waals surface area contributed by atoms with Crippen molar-refractivity contribution in [2.75, 3.05) is 20.1 Å². The summed E-state index contributed by atoms with van der Waals surface area (Å²) in [5.41, 5.74) is 5.94. The molecule has 20 heavy (non-hydrogen) atoms. The van der Waals surface area contributed by atoms with E-state index in [2.05, 4.69) is 4.90 Å². The molecule has 112 valence electrons. The topological polar surface area (TPSA) is 29.3 Å². The molecule has 2 N–H and O–H groups in total. The first-order chi connectivity index (χ1) is 9.36. The van der Waals surface area contributed by atoms with Crippen molar-refractivity contribution < 1.29 is 13.2 Å². The van der Waals surface area contributed by atoms with E-state index in [0.717, 1.165) is 24.6 Å². The van der Waals surface area contributed by atoms with Gasteiger partial charge in [0.05, 0.1) is 5.56 Å². The van der Waals surface area contributed by atoms with E-state index in [-0.39, 0.29) is 6.04 Å². The minimum Gasteiger partial charge on any atom is -0.323 e. The van der Waals surface area contributed by atoms with Gasteiger partial charge in [-0.05, 0) is 43.5 Å². The van der Waals surface area contributed by atoms with Crippen LogP contribution in [0.1, 0.15) is 36.4 Å². The molecule has 2 rings (SSSR count). The van der Waals surface area contributed by atoms with E-state index in [1.807, 2.05) is 7.05 Å². The molecule has 0 aliphatic heterocycles. The molecule has 1 aliphatic rings. The Balaban J connectivity index is 1.95. The molecular formula is C15H21F3N2. The fraction of sp³-hybridized carbons (Fsp3) is 0.600. The van der Waals surface area contributed by atoms with Crippen molar-refractivity contribution in [3.8, 4) is 0 Å². The smallest absolute Gasteiger partial charge is 0.323 e. The number of alkyl halides is 3. The molecule has 1 atom stereocenters. The van der Waals surface area contributed by atoms with Crippen molar-refractivity contribution in [1.29, 1.82) is 0 Å². The van der Waals surface area contributed by atoms with Gasteiger partial charge in [-0.3, -0.25) is 0 Å².